The van der Waals surface area contributed by atoms with Crippen LogP contribution in [0.15, 0.2) is 0 Å². The molecule has 64 valence electrons. The summed E-state index contributed by atoms with van der Waals surface area (Å²) in [5.41, 5.74) is 0. The molecule has 0 radical (unpaired) electrons. The van der Waals surface area contributed by atoms with Crippen molar-refractivity contribution in [1.82, 2.24) is 5.32 Å². The van der Waals surface area contributed by atoms with Crippen LogP contribution in [0.4, 0.5) is 0 Å². The standard InChI is InChI=1S/C7H16BNO2/c1-4-8(5-2)11-7(10)6-9-3/h9H,4-6H2,1-3H3. The van der Waals surface area contributed by atoms with Crippen molar-refractivity contribution in [2.75, 3.05) is 13.6 Å². The predicted molar refractivity (Wildman–Crippen MR) is 46.7 cm³/mol. The molecule has 1 N–H and O–H groups in total. The first kappa shape index (κ1) is 10.5. The Kier molecular flexibility index (Phi) is 5.94. The molecule has 4 heteroatoms. The molecule has 0 fully saturated rings. The first-order valence-electron chi connectivity index (χ1n) is 4.08. The van der Waals surface area contributed by atoms with Gasteiger partial charge >= 0.3 is 12.9 Å². The highest BCUT2D eigenvalue weighted by Gasteiger charge is 2.14. The molecule has 0 aliphatic heterocycles. The summed E-state index contributed by atoms with van der Waals surface area (Å²) in [5.74, 6) is -0.166. The Bertz CT molecular complexity index is 115. The van der Waals surface area contributed by atoms with E-state index in [1.807, 2.05) is 13.8 Å². The van der Waals surface area contributed by atoms with Crippen LogP contribution in [0.1, 0.15) is 13.8 Å². The average Bonchev–Trinajstić information content (AvgIpc) is 2.01. The molecular formula is C7H16BNO2. The van der Waals surface area contributed by atoms with Gasteiger partial charge in [0.1, 0.15) is 0 Å². The van der Waals surface area contributed by atoms with E-state index < -0.39 is 0 Å². The van der Waals surface area contributed by atoms with Crippen molar-refractivity contribution in [1.29, 1.82) is 0 Å². The third-order valence-corrected chi connectivity index (χ3v) is 1.53. The summed E-state index contributed by atoms with van der Waals surface area (Å²) in [6.45, 7) is 4.42. The highest BCUT2D eigenvalue weighted by atomic mass is 16.5. The van der Waals surface area contributed by atoms with Gasteiger partial charge in [-0.2, -0.15) is 0 Å². The quantitative estimate of drug-likeness (QED) is 0.599. The van der Waals surface area contributed by atoms with Crippen molar-refractivity contribution in [2.24, 2.45) is 0 Å². The molecule has 0 aliphatic carbocycles. The van der Waals surface area contributed by atoms with Crippen LogP contribution in [-0.4, -0.2) is 26.5 Å². The molecule has 0 aromatic carbocycles. The molecular weight excluding hydrogens is 141 g/mol. The predicted octanol–water partition coefficient (Wildman–Crippen LogP) is 0.780. The number of nitrogens with one attached hydrogen (secondary N) is 1. The molecule has 11 heavy (non-hydrogen) atoms. The third-order valence-electron chi connectivity index (χ3n) is 1.53. The van der Waals surface area contributed by atoms with Crippen molar-refractivity contribution in [3.8, 4) is 0 Å². The number of carbonyl (C=O) groups is 1. The molecule has 0 spiro atoms. The van der Waals surface area contributed by atoms with Crippen LogP contribution >= 0.6 is 0 Å². The Labute approximate surface area is 68.6 Å². The van der Waals surface area contributed by atoms with E-state index in [2.05, 4.69) is 5.32 Å². The minimum Gasteiger partial charge on any atom is -0.535 e. The second-order valence-corrected chi connectivity index (χ2v) is 2.46. The lowest BCUT2D eigenvalue weighted by Crippen LogP contribution is -2.27. The van der Waals surface area contributed by atoms with Gasteiger partial charge in [0.2, 0.25) is 0 Å². The smallest absolute Gasteiger partial charge is 0.361 e. The second-order valence-electron chi connectivity index (χ2n) is 2.46. The van der Waals surface area contributed by atoms with Gasteiger partial charge in [-0.05, 0) is 19.7 Å². The van der Waals surface area contributed by atoms with Crippen LogP contribution in [-0.2, 0) is 9.45 Å². The number of likely N-dealkylation sites (N-methyl/N-ethyl adjacent to an activating group) is 1. The third kappa shape index (κ3) is 4.84. The van der Waals surface area contributed by atoms with E-state index in [0.717, 1.165) is 12.6 Å². The summed E-state index contributed by atoms with van der Waals surface area (Å²) >= 11 is 0. The van der Waals surface area contributed by atoms with Crippen LogP contribution in [0.5, 0.6) is 0 Å². The summed E-state index contributed by atoms with van der Waals surface area (Å²) < 4.78 is 5.09. The van der Waals surface area contributed by atoms with Crippen molar-refractivity contribution in [2.45, 2.75) is 26.5 Å². The molecule has 0 unspecified atom stereocenters. The van der Waals surface area contributed by atoms with Crippen LogP contribution < -0.4 is 5.32 Å². The molecule has 0 bridgehead atoms. The van der Waals surface area contributed by atoms with Gasteiger partial charge in [-0.15, -0.1) is 0 Å². The molecule has 0 heterocycles. The van der Waals surface area contributed by atoms with Crippen LogP contribution in [0.25, 0.3) is 0 Å². The van der Waals surface area contributed by atoms with Gasteiger partial charge in [-0.25, -0.2) is 0 Å². The molecule has 0 atom stereocenters. The van der Waals surface area contributed by atoms with Crippen molar-refractivity contribution in [3.63, 3.8) is 0 Å². The van der Waals surface area contributed by atoms with Crippen LogP contribution in [0.3, 0.4) is 0 Å². The molecule has 0 saturated heterocycles. The second kappa shape index (κ2) is 6.22. The van der Waals surface area contributed by atoms with E-state index in [1.165, 1.54) is 0 Å². The van der Waals surface area contributed by atoms with Gasteiger partial charge in [-0.3, -0.25) is 4.79 Å². The summed E-state index contributed by atoms with van der Waals surface area (Å²) in [6, 6.07) is 0. The first-order chi connectivity index (χ1) is 5.24. The fourth-order valence-corrected chi connectivity index (χ4v) is 0.827. The van der Waals surface area contributed by atoms with E-state index in [1.54, 1.807) is 7.05 Å². The van der Waals surface area contributed by atoms with Gasteiger partial charge in [0, 0.05) is 0 Å². The summed E-state index contributed by atoms with van der Waals surface area (Å²) in [7, 11) is 1.73. The monoisotopic (exact) mass is 157 g/mol. The van der Waals surface area contributed by atoms with Gasteiger partial charge < -0.3 is 9.97 Å². The minimum atomic E-state index is -0.166. The fourth-order valence-electron chi connectivity index (χ4n) is 0.827. The summed E-state index contributed by atoms with van der Waals surface area (Å²) in [6.07, 6.45) is 1.79. The lowest BCUT2D eigenvalue weighted by molar-refractivity contribution is -0.133. The fraction of sp³-hybridized carbons (Fsp3) is 0.857. The highest BCUT2D eigenvalue weighted by molar-refractivity contribution is 6.53. The summed E-state index contributed by atoms with van der Waals surface area (Å²) in [4.78, 5) is 10.9. The lowest BCUT2D eigenvalue weighted by Gasteiger charge is -2.09. The van der Waals surface area contributed by atoms with Crippen molar-refractivity contribution in [3.05, 3.63) is 0 Å². The number of carbonyl (C=O) groups excluding carboxylic acids is 1. The van der Waals surface area contributed by atoms with Crippen molar-refractivity contribution >= 4 is 12.9 Å². The van der Waals surface area contributed by atoms with E-state index in [-0.39, 0.29) is 12.9 Å². The Morgan fingerprint density at radius 3 is 2.36 bits per heavy atom. The maximum absolute atomic E-state index is 10.9. The first-order valence-corrected chi connectivity index (χ1v) is 4.08. The van der Waals surface area contributed by atoms with Gasteiger partial charge in [0.15, 0.2) is 0 Å². The SMILES string of the molecule is CCB(CC)OC(=O)CNC. The topological polar surface area (TPSA) is 38.3 Å². The molecule has 0 aromatic heterocycles. The number of rotatable bonds is 5. The molecule has 0 saturated carbocycles. The zero-order valence-electron chi connectivity index (χ0n) is 7.52. The molecule has 0 amide bonds. The molecule has 0 aromatic rings. The van der Waals surface area contributed by atoms with Gasteiger partial charge in [0.05, 0.1) is 6.54 Å². The minimum absolute atomic E-state index is 0.0934. The van der Waals surface area contributed by atoms with Gasteiger partial charge in [0.25, 0.3) is 0 Å². The average molecular weight is 157 g/mol. The number of hydrogen-bond acceptors (Lipinski definition) is 3. The maximum atomic E-state index is 10.9. The Morgan fingerprint density at radius 2 is 2.00 bits per heavy atom. The van der Waals surface area contributed by atoms with E-state index >= 15 is 0 Å². The maximum Gasteiger partial charge on any atom is 0.361 e. The molecule has 0 aliphatic rings. The number of hydrogen-bond donors (Lipinski definition) is 1. The Hall–Kier alpha value is -0.505. The largest absolute Gasteiger partial charge is 0.535 e. The van der Waals surface area contributed by atoms with Gasteiger partial charge in [-0.1, -0.05) is 13.8 Å². The Morgan fingerprint density at radius 1 is 1.45 bits per heavy atom. The summed E-state index contributed by atoms with van der Waals surface area (Å²) in [5, 5.41) is 2.75. The van der Waals surface area contributed by atoms with Crippen molar-refractivity contribution < 1.29 is 9.45 Å². The zero-order valence-corrected chi connectivity index (χ0v) is 7.52. The lowest BCUT2D eigenvalue weighted by atomic mass is 9.62. The Balaban J connectivity index is 3.54. The zero-order chi connectivity index (χ0) is 8.69. The van der Waals surface area contributed by atoms with E-state index in [9.17, 15) is 4.79 Å². The van der Waals surface area contributed by atoms with Crippen LogP contribution in [0.2, 0.25) is 12.6 Å². The van der Waals surface area contributed by atoms with E-state index in [0.29, 0.717) is 6.54 Å². The normalized spacial score (nSPS) is 9.36. The van der Waals surface area contributed by atoms with Crippen LogP contribution in [0, 0.1) is 0 Å². The van der Waals surface area contributed by atoms with E-state index in [4.69, 9.17) is 4.65 Å². The molecule has 0 rings (SSSR count). The molecule has 3 nitrogen and oxygen atoms in total. The highest BCUT2D eigenvalue weighted by Crippen LogP contribution is 1.99.